The molecule has 3 rings (SSSR count). The molecule has 2 amide bonds. The van der Waals surface area contributed by atoms with E-state index in [4.69, 9.17) is 24.8 Å². The Labute approximate surface area is 225 Å². The number of nitrogens with two attached hydrogens (primary N) is 1. The van der Waals surface area contributed by atoms with Crippen molar-refractivity contribution in [2.24, 2.45) is 11.8 Å². The number of carbonyl (C=O) groups excluding carboxylic acids is 3. The zero-order chi connectivity index (χ0) is 27.9. The first-order chi connectivity index (χ1) is 18.0. The summed E-state index contributed by atoms with van der Waals surface area (Å²) < 4.78 is 23.1. The van der Waals surface area contributed by atoms with Gasteiger partial charge in [-0.25, -0.2) is 5.84 Å². The second kappa shape index (κ2) is 13.5. The lowest BCUT2D eigenvalue weighted by Crippen LogP contribution is -2.50. The molecule has 1 unspecified atom stereocenters. The van der Waals surface area contributed by atoms with Gasteiger partial charge in [0.15, 0.2) is 0 Å². The van der Waals surface area contributed by atoms with Crippen molar-refractivity contribution in [3.05, 3.63) is 36.0 Å². The Morgan fingerprint density at radius 3 is 2.55 bits per heavy atom. The molecule has 0 aromatic carbocycles. The van der Waals surface area contributed by atoms with Gasteiger partial charge >= 0.3 is 5.97 Å². The molecule has 3 aliphatic rings. The van der Waals surface area contributed by atoms with Gasteiger partial charge in [-0.3, -0.25) is 19.8 Å². The standard InChI is InChI=1S/C28H43N3O7/c1-17(6-9-22-14-28(16-35-28)15-23(38-22)13-27(34)31-29)7-10-25-18(2)12-24(20(4)37-25)30-26(33)11-8-19(3)36-21(5)32/h6-9,11,18-20,22-25H,10,12-16,29H2,1-5H3,(H,30,33)(H,31,34)/b9-6+,11-8?,17-7+/t18-,19?,20+,22+,23+,24+,25-,28+/m0/s1. The third kappa shape index (κ3) is 9.34. The van der Waals surface area contributed by atoms with Gasteiger partial charge in [0.05, 0.1) is 49.1 Å². The van der Waals surface area contributed by atoms with Gasteiger partial charge in [-0.1, -0.05) is 30.7 Å². The molecule has 3 aliphatic heterocycles. The monoisotopic (exact) mass is 533 g/mol. The van der Waals surface area contributed by atoms with Crippen LogP contribution in [0.5, 0.6) is 0 Å². The number of allylic oxidation sites excluding steroid dienone is 2. The number of epoxide rings is 1. The summed E-state index contributed by atoms with van der Waals surface area (Å²) in [7, 11) is 0. The van der Waals surface area contributed by atoms with Gasteiger partial charge in [-0.2, -0.15) is 0 Å². The average molecular weight is 534 g/mol. The molecule has 0 bridgehead atoms. The largest absolute Gasteiger partial charge is 0.459 e. The molecule has 3 saturated heterocycles. The fourth-order valence-corrected chi connectivity index (χ4v) is 5.14. The fourth-order valence-electron chi connectivity index (χ4n) is 5.14. The molecule has 8 atom stereocenters. The molecule has 0 aromatic heterocycles. The van der Waals surface area contributed by atoms with E-state index in [1.807, 2.05) is 19.9 Å². The van der Waals surface area contributed by atoms with E-state index in [0.717, 1.165) is 24.8 Å². The van der Waals surface area contributed by atoms with Crippen LogP contribution in [0.2, 0.25) is 0 Å². The Kier molecular flexibility index (Phi) is 10.7. The summed E-state index contributed by atoms with van der Waals surface area (Å²) in [5.74, 6) is 4.63. The zero-order valence-corrected chi connectivity index (χ0v) is 23.1. The predicted molar refractivity (Wildman–Crippen MR) is 141 cm³/mol. The predicted octanol–water partition coefficient (Wildman–Crippen LogP) is 2.38. The van der Waals surface area contributed by atoms with Crippen molar-refractivity contribution in [1.82, 2.24) is 10.7 Å². The molecule has 38 heavy (non-hydrogen) atoms. The van der Waals surface area contributed by atoms with E-state index in [9.17, 15) is 14.4 Å². The number of hydrogen-bond donors (Lipinski definition) is 3. The smallest absolute Gasteiger partial charge is 0.303 e. The third-order valence-electron chi connectivity index (χ3n) is 7.33. The van der Waals surface area contributed by atoms with Gasteiger partial charge < -0.3 is 24.3 Å². The lowest BCUT2D eigenvalue weighted by Gasteiger charge is -2.39. The molecule has 10 nitrogen and oxygen atoms in total. The highest BCUT2D eigenvalue weighted by Crippen LogP contribution is 2.43. The first-order valence-corrected chi connectivity index (χ1v) is 13.4. The van der Waals surface area contributed by atoms with Gasteiger partial charge in [-0.15, -0.1) is 0 Å². The second-order valence-corrected chi connectivity index (χ2v) is 10.9. The van der Waals surface area contributed by atoms with Crippen molar-refractivity contribution in [2.75, 3.05) is 6.61 Å². The molecule has 4 N–H and O–H groups in total. The van der Waals surface area contributed by atoms with E-state index >= 15 is 0 Å². The Balaban J connectivity index is 1.47. The molecule has 3 fully saturated rings. The SMILES string of the molecule is CC(=O)OC(C)C=CC(=O)N[C@@H]1C[C@H](C)[C@H](C/C=C(C)/C=C/[C@@H]2C[C@]3(CO3)C[C@@H](CC(=O)NN)O2)O[C@@H]1C. The molecule has 0 radical (unpaired) electrons. The molecule has 3 heterocycles. The van der Waals surface area contributed by atoms with Gasteiger partial charge in [0.25, 0.3) is 0 Å². The summed E-state index contributed by atoms with van der Waals surface area (Å²) in [6.07, 6.45) is 11.6. The highest BCUT2D eigenvalue weighted by molar-refractivity contribution is 5.87. The van der Waals surface area contributed by atoms with Crippen molar-refractivity contribution >= 4 is 17.8 Å². The van der Waals surface area contributed by atoms with Crippen LogP contribution in [0.4, 0.5) is 0 Å². The first kappa shape index (κ1) is 30.0. The number of ether oxygens (including phenoxy) is 4. The van der Waals surface area contributed by atoms with E-state index in [-0.39, 0.29) is 66.2 Å². The van der Waals surface area contributed by atoms with Crippen molar-refractivity contribution in [3.8, 4) is 0 Å². The fraction of sp³-hybridized carbons (Fsp3) is 0.679. The van der Waals surface area contributed by atoms with E-state index in [2.05, 4.69) is 29.8 Å². The molecular formula is C28H43N3O7. The van der Waals surface area contributed by atoms with Crippen LogP contribution in [-0.2, 0) is 33.3 Å². The number of rotatable bonds is 10. The Morgan fingerprint density at radius 1 is 1.16 bits per heavy atom. The lowest BCUT2D eigenvalue weighted by molar-refractivity contribution is -0.143. The molecule has 212 valence electrons. The Bertz CT molecular complexity index is 943. The number of esters is 1. The highest BCUT2D eigenvalue weighted by atomic mass is 16.6. The van der Waals surface area contributed by atoms with E-state index < -0.39 is 6.10 Å². The molecule has 0 aliphatic carbocycles. The molecule has 0 saturated carbocycles. The summed E-state index contributed by atoms with van der Waals surface area (Å²) in [6.45, 7) is 9.90. The van der Waals surface area contributed by atoms with Crippen LogP contribution in [0.1, 0.15) is 66.7 Å². The van der Waals surface area contributed by atoms with E-state index in [1.54, 1.807) is 13.0 Å². The molecule has 10 heteroatoms. The number of hydrogen-bond acceptors (Lipinski definition) is 8. The first-order valence-electron chi connectivity index (χ1n) is 13.4. The summed E-state index contributed by atoms with van der Waals surface area (Å²) in [5.41, 5.74) is 3.10. The Hall–Kier alpha value is -2.53. The maximum absolute atomic E-state index is 12.3. The van der Waals surface area contributed by atoms with E-state index in [1.165, 1.54) is 13.0 Å². The Morgan fingerprint density at radius 2 is 1.89 bits per heavy atom. The summed E-state index contributed by atoms with van der Waals surface area (Å²) in [6, 6.07) is -0.0953. The van der Waals surface area contributed by atoms with Crippen molar-refractivity contribution in [3.63, 3.8) is 0 Å². The number of carbonyl (C=O) groups is 3. The van der Waals surface area contributed by atoms with Crippen LogP contribution in [-0.4, -0.2) is 66.6 Å². The van der Waals surface area contributed by atoms with Crippen molar-refractivity contribution in [1.29, 1.82) is 0 Å². The summed E-state index contributed by atoms with van der Waals surface area (Å²) >= 11 is 0. The van der Waals surface area contributed by atoms with Gasteiger partial charge in [0.2, 0.25) is 11.8 Å². The number of amides is 2. The maximum Gasteiger partial charge on any atom is 0.303 e. The topological polar surface area (TPSA) is 142 Å². The summed E-state index contributed by atoms with van der Waals surface area (Å²) in [4.78, 5) is 35.0. The van der Waals surface area contributed by atoms with Crippen LogP contribution in [0.25, 0.3) is 0 Å². The van der Waals surface area contributed by atoms with Crippen LogP contribution in [0, 0.1) is 5.92 Å². The maximum atomic E-state index is 12.3. The minimum atomic E-state index is -0.461. The summed E-state index contributed by atoms with van der Waals surface area (Å²) in [5, 5.41) is 3.01. The molecular weight excluding hydrogens is 490 g/mol. The van der Waals surface area contributed by atoms with Crippen LogP contribution in [0.3, 0.4) is 0 Å². The van der Waals surface area contributed by atoms with Crippen LogP contribution < -0.4 is 16.6 Å². The number of nitrogens with one attached hydrogen (secondary N) is 2. The average Bonchev–Trinajstić information content (AvgIpc) is 3.59. The number of hydrazine groups is 1. The van der Waals surface area contributed by atoms with Gasteiger partial charge in [-0.05, 0) is 45.6 Å². The molecule has 1 spiro atoms. The molecule has 0 aromatic rings. The minimum Gasteiger partial charge on any atom is -0.459 e. The normalized spacial score (nSPS) is 34.3. The van der Waals surface area contributed by atoms with Crippen LogP contribution in [0.15, 0.2) is 36.0 Å². The minimum absolute atomic E-state index is 0.0502. The lowest BCUT2D eigenvalue weighted by atomic mass is 9.88. The highest BCUT2D eigenvalue weighted by Gasteiger charge is 2.51. The van der Waals surface area contributed by atoms with Crippen molar-refractivity contribution in [2.45, 2.75) is 109 Å². The van der Waals surface area contributed by atoms with Gasteiger partial charge in [0, 0.05) is 25.8 Å². The van der Waals surface area contributed by atoms with Crippen LogP contribution >= 0.6 is 0 Å². The van der Waals surface area contributed by atoms with Crippen molar-refractivity contribution < 1.29 is 33.3 Å². The van der Waals surface area contributed by atoms with E-state index in [0.29, 0.717) is 13.0 Å². The third-order valence-corrected chi connectivity index (χ3v) is 7.33. The van der Waals surface area contributed by atoms with Gasteiger partial charge in [0.1, 0.15) is 6.10 Å². The second-order valence-electron chi connectivity index (χ2n) is 10.9. The quantitative estimate of drug-likeness (QED) is 0.0739. The zero-order valence-electron chi connectivity index (χ0n) is 23.1.